The highest BCUT2D eigenvalue weighted by Gasteiger charge is 2.24. The van der Waals surface area contributed by atoms with Gasteiger partial charge in [0.05, 0.1) is 13.1 Å². The average molecular weight is 425 g/mol. The van der Waals surface area contributed by atoms with E-state index in [1.165, 1.54) is 9.80 Å². The highest BCUT2D eigenvalue weighted by Crippen LogP contribution is 2.22. The Bertz CT molecular complexity index is 966. The summed E-state index contributed by atoms with van der Waals surface area (Å²) < 4.78 is 10.3. The predicted octanol–water partition coefficient (Wildman–Crippen LogP) is 4.26. The molecule has 2 aromatic carbocycles. The maximum Gasteiger partial charge on any atom is 0.414 e. The molecular weight excluding hydrogens is 398 g/mol. The van der Waals surface area contributed by atoms with Crippen molar-refractivity contribution in [3.63, 3.8) is 0 Å². The summed E-state index contributed by atoms with van der Waals surface area (Å²) in [5.41, 5.74) is 1.93. The number of benzene rings is 2. The fraction of sp³-hybridized carbons (Fsp3) is 0.348. The first-order valence-electron chi connectivity index (χ1n) is 10.0. The number of hydrogen-bond acceptors (Lipinski definition) is 5. The zero-order valence-corrected chi connectivity index (χ0v) is 18.2. The van der Waals surface area contributed by atoms with Crippen LogP contribution in [-0.4, -0.2) is 48.8 Å². The number of hydrogen-bond donors (Lipinski definition) is 1. The molecule has 3 amide bonds. The Kier molecular flexibility index (Phi) is 6.48. The fourth-order valence-corrected chi connectivity index (χ4v) is 3.06. The molecule has 1 aliphatic heterocycles. The van der Waals surface area contributed by atoms with Crippen LogP contribution in [0.5, 0.6) is 0 Å². The Morgan fingerprint density at radius 2 is 1.81 bits per heavy atom. The van der Waals surface area contributed by atoms with Gasteiger partial charge in [0, 0.05) is 24.0 Å². The van der Waals surface area contributed by atoms with Crippen LogP contribution in [0.25, 0.3) is 0 Å². The van der Waals surface area contributed by atoms with Gasteiger partial charge in [-0.1, -0.05) is 18.2 Å². The second-order valence-corrected chi connectivity index (χ2v) is 8.26. The van der Waals surface area contributed by atoms with Gasteiger partial charge in [-0.25, -0.2) is 9.59 Å². The van der Waals surface area contributed by atoms with E-state index in [4.69, 9.17) is 9.47 Å². The third kappa shape index (κ3) is 5.75. The standard InChI is InChI=1S/C23H27N3O5/c1-23(2,3)31-21(28)25(4)15-17-7-5-6-8-19(17)24-20(27)16-9-11-18(12-10-16)26-13-14-30-22(26)29/h5-12H,13-15H2,1-4H3,(H,24,27). The molecule has 1 aliphatic rings. The molecule has 0 aromatic heterocycles. The Morgan fingerprint density at radius 3 is 2.42 bits per heavy atom. The van der Waals surface area contributed by atoms with Gasteiger partial charge in [-0.15, -0.1) is 0 Å². The van der Waals surface area contributed by atoms with Gasteiger partial charge in [-0.05, 0) is 56.7 Å². The minimum Gasteiger partial charge on any atom is -0.447 e. The number of carbonyl (C=O) groups excluding carboxylic acids is 3. The number of amides is 3. The van der Waals surface area contributed by atoms with Crippen molar-refractivity contribution < 1.29 is 23.9 Å². The Hall–Kier alpha value is -3.55. The molecule has 0 radical (unpaired) electrons. The number of cyclic esters (lactones) is 1. The summed E-state index contributed by atoms with van der Waals surface area (Å²) in [6, 6.07) is 14.0. The zero-order chi connectivity index (χ0) is 22.6. The van der Waals surface area contributed by atoms with Crippen molar-refractivity contribution in [2.45, 2.75) is 32.9 Å². The van der Waals surface area contributed by atoms with Crippen molar-refractivity contribution in [3.8, 4) is 0 Å². The van der Waals surface area contributed by atoms with Gasteiger partial charge in [0.1, 0.15) is 12.2 Å². The lowest BCUT2D eigenvalue weighted by atomic mass is 10.1. The van der Waals surface area contributed by atoms with Crippen LogP contribution in [-0.2, 0) is 16.0 Å². The number of ether oxygens (including phenoxy) is 2. The van der Waals surface area contributed by atoms with Crippen LogP contribution < -0.4 is 10.2 Å². The summed E-state index contributed by atoms with van der Waals surface area (Å²) in [4.78, 5) is 39.7. The van der Waals surface area contributed by atoms with Crippen LogP contribution in [0, 0.1) is 0 Å². The Labute approximate surface area is 181 Å². The third-order valence-corrected chi connectivity index (χ3v) is 4.58. The zero-order valence-electron chi connectivity index (χ0n) is 18.2. The maximum atomic E-state index is 12.7. The predicted molar refractivity (Wildman–Crippen MR) is 117 cm³/mol. The van der Waals surface area contributed by atoms with E-state index in [9.17, 15) is 14.4 Å². The lowest BCUT2D eigenvalue weighted by Crippen LogP contribution is -2.34. The maximum absolute atomic E-state index is 12.7. The van der Waals surface area contributed by atoms with E-state index in [1.54, 1.807) is 37.4 Å². The van der Waals surface area contributed by atoms with E-state index in [0.717, 1.165) is 5.56 Å². The van der Waals surface area contributed by atoms with Gasteiger partial charge >= 0.3 is 12.2 Å². The highest BCUT2D eigenvalue weighted by molar-refractivity contribution is 6.05. The number of rotatable bonds is 5. The lowest BCUT2D eigenvalue weighted by Gasteiger charge is -2.25. The van der Waals surface area contributed by atoms with Crippen molar-refractivity contribution in [2.24, 2.45) is 0 Å². The SMILES string of the molecule is CN(Cc1ccccc1NC(=O)c1ccc(N2CCOC2=O)cc1)C(=O)OC(C)(C)C. The number of anilines is 2. The monoisotopic (exact) mass is 425 g/mol. The molecule has 0 spiro atoms. The van der Waals surface area contributed by atoms with Gasteiger partial charge in [-0.2, -0.15) is 0 Å². The smallest absolute Gasteiger partial charge is 0.414 e. The van der Waals surface area contributed by atoms with E-state index in [0.29, 0.717) is 30.1 Å². The van der Waals surface area contributed by atoms with E-state index in [1.807, 2.05) is 39.0 Å². The molecule has 1 N–H and O–H groups in total. The van der Waals surface area contributed by atoms with Crippen molar-refractivity contribution in [1.82, 2.24) is 4.90 Å². The van der Waals surface area contributed by atoms with Crippen LogP contribution >= 0.6 is 0 Å². The van der Waals surface area contributed by atoms with Crippen molar-refractivity contribution >= 4 is 29.5 Å². The van der Waals surface area contributed by atoms with E-state index in [2.05, 4.69) is 5.32 Å². The first-order chi connectivity index (χ1) is 14.6. The normalized spacial score (nSPS) is 13.5. The van der Waals surface area contributed by atoms with E-state index >= 15 is 0 Å². The summed E-state index contributed by atoms with van der Waals surface area (Å²) >= 11 is 0. The molecule has 0 saturated carbocycles. The van der Waals surface area contributed by atoms with Gasteiger partial charge in [0.25, 0.3) is 5.91 Å². The summed E-state index contributed by atoms with van der Waals surface area (Å²) in [6.07, 6.45) is -0.829. The fourth-order valence-electron chi connectivity index (χ4n) is 3.06. The molecular formula is C23H27N3O5. The third-order valence-electron chi connectivity index (χ3n) is 4.58. The molecule has 3 rings (SSSR count). The van der Waals surface area contributed by atoms with Crippen molar-refractivity contribution in [2.75, 3.05) is 30.4 Å². The Balaban J connectivity index is 1.68. The first kappa shape index (κ1) is 22.1. The molecule has 0 unspecified atom stereocenters. The summed E-state index contributed by atoms with van der Waals surface area (Å²) in [5.74, 6) is -0.289. The summed E-state index contributed by atoms with van der Waals surface area (Å²) in [7, 11) is 1.65. The quantitative estimate of drug-likeness (QED) is 0.773. The second kappa shape index (κ2) is 9.07. The molecule has 8 heteroatoms. The molecule has 8 nitrogen and oxygen atoms in total. The van der Waals surface area contributed by atoms with E-state index < -0.39 is 11.7 Å². The molecule has 0 aliphatic carbocycles. The molecule has 0 atom stereocenters. The highest BCUT2D eigenvalue weighted by atomic mass is 16.6. The van der Waals surface area contributed by atoms with Gasteiger partial charge < -0.3 is 19.7 Å². The molecule has 0 bridgehead atoms. The topological polar surface area (TPSA) is 88.2 Å². The second-order valence-electron chi connectivity index (χ2n) is 8.26. The van der Waals surface area contributed by atoms with Crippen LogP contribution in [0.3, 0.4) is 0 Å². The van der Waals surface area contributed by atoms with Crippen molar-refractivity contribution in [1.29, 1.82) is 0 Å². The van der Waals surface area contributed by atoms with Crippen molar-refractivity contribution in [3.05, 3.63) is 59.7 Å². The number of nitrogens with one attached hydrogen (secondary N) is 1. The van der Waals surface area contributed by atoms with Gasteiger partial charge in [0.15, 0.2) is 0 Å². The van der Waals surface area contributed by atoms with Crippen LogP contribution in [0.4, 0.5) is 21.0 Å². The van der Waals surface area contributed by atoms with Crippen LogP contribution in [0.1, 0.15) is 36.7 Å². The van der Waals surface area contributed by atoms with E-state index in [-0.39, 0.29) is 18.5 Å². The Morgan fingerprint density at radius 1 is 1.13 bits per heavy atom. The molecule has 1 heterocycles. The minimum absolute atomic E-state index is 0.279. The lowest BCUT2D eigenvalue weighted by molar-refractivity contribution is 0.0285. The largest absolute Gasteiger partial charge is 0.447 e. The van der Waals surface area contributed by atoms with Crippen LogP contribution in [0.2, 0.25) is 0 Å². The van der Waals surface area contributed by atoms with Gasteiger partial charge in [0.2, 0.25) is 0 Å². The summed E-state index contributed by atoms with van der Waals surface area (Å²) in [6.45, 7) is 6.56. The average Bonchev–Trinajstić information content (AvgIpc) is 3.14. The molecule has 31 heavy (non-hydrogen) atoms. The summed E-state index contributed by atoms with van der Waals surface area (Å²) in [5, 5.41) is 2.89. The molecule has 164 valence electrons. The van der Waals surface area contributed by atoms with Gasteiger partial charge in [-0.3, -0.25) is 9.69 Å². The first-order valence-corrected chi connectivity index (χ1v) is 10.0. The molecule has 1 fully saturated rings. The molecule has 1 saturated heterocycles. The number of nitrogens with zero attached hydrogens (tertiary/aromatic N) is 2. The minimum atomic E-state index is -0.586. The number of carbonyl (C=O) groups is 3. The number of para-hydroxylation sites is 1. The van der Waals surface area contributed by atoms with Crippen LogP contribution in [0.15, 0.2) is 48.5 Å². The molecule has 2 aromatic rings.